The molecule has 0 atom stereocenters. The molecule has 0 saturated heterocycles. The summed E-state index contributed by atoms with van der Waals surface area (Å²) in [5.74, 6) is -0.0987. The number of carbonyl (C=O) groups excluding carboxylic acids is 1. The van der Waals surface area contributed by atoms with Crippen molar-refractivity contribution in [2.45, 2.75) is 71.1 Å². The summed E-state index contributed by atoms with van der Waals surface area (Å²) in [6.07, 6.45) is 12.0. The maximum absolute atomic E-state index is 11.1. The van der Waals surface area contributed by atoms with Crippen molar-refractivity contribution < 1.29 is 40.5 Å². The van der Waals surface area contributed by atoms with Gasteiger partial charge in [-0.1, -0.05) is 58.3 Å². The maximum Gasteiger partial charge on any atom is 1.00 e. The summed E-state index contributed by atoms with van der Waals surface area (Å²) >= 11 is 0. The number of rotatable bonds is 12. The van der Waals surface area contributed by atoms with Crippen molar-refractivity contribution in [1.82, 2.24) is 0 Å². The Morgan fingerprint density at radius 3 is 2.00 bits per heavy atom. The fourth-order valence-electron chi connectivity index (χ4n) is 1.82. The first kappa shape index (κ1) is 20.7. The largest absolute Gasteiger partial charge is 1.00 e. The summed E-state index contributed by atoms with van der Waals surface area (Å²) in [4.78, 5) is 11.1. The SMILES string of the molecule is CCCCCCCCCCCC(=O)OCCN.[H-].[Na+]. The van der Waals surface area contributed by atoms with Gasteiger partial charge in [-0.2, -0.15) is 0 Å². The van der Waals surface area contributed by atoms with Gasteiger partial charge in [0, 0.05) is 13.0 Å². The number of hydrogen-bond donors (Lipinski definition) is 1. The van der Waals surface area contributed by atoms with Crippen molar-refractivity contribution in [3.8, 4) is 0 Å². The third kappa shape index (κ3) is 16.4. The average Bonchev–Trinajstić information content (AvgIpc) is 2.34. The molecule has 18 heavy (non-hydrogen) atoms. The summed E-state index contributed by atoms with van der Waals surface area (Å²) in [5.41, 5.74) is 5.24. The van der Waals surface area contributed by atoms with Crippen LogP contribution in [0, 0.1) is 0 Å². The second-order valence-electron chi connectivity index (χ2n) is 4.59. The fourth-order valence-corrected chi connectivity index (χ4v) is 1.82. The van der Waals surface area contributed by atoms with E-state index < -0.39 is 0 Å². The van der Waals surface area contributed by atoms with Crippen LogP contribution >= 0.6 is 0 Å². The van der Waals surface area contributed by atoms with Crippen LogP contribution in [0.5, 0.6) is 0 Å². The number of ether oxygens (including phenoxy) is 1. The van der Waals surface area contributed by atoms with E-state index >= 15 is 0 Å². The van der Waals surface area contributed by atoms with Crippen LogP contribution in [0.2, 0.25) is 0 Å². The first-order valence-electron chi connectivity index (χ1n) is 7.17. The molecule has 0 aliphatic carbocycles. The number of carbonyl (C=O) groups is 1. The fraction of sp³-hybridized carbons (Fsp3) is 0.929. The Kier molecular flexibility index (Phi) is 20.1. The summed E-state index contributed by atoms with van der Waals surface area (Å²) in [6, 6.07) is 0. The standard InChI is InChI=1S/C14H29NO2.Na.H/c1-2-3-4-5-6-7-8-9-10-11-14(16)17-13-12-15;;/h2-13,15H2,1H3;;/q;+1;-1. The van der Waals surface area contributed by atoms with E-state index in [1.165, 1.54) is 44.9 Å². The van der Waals surface area contributed by atoms with Crippen LogP contribution in [0.15, 0.2) is 0 Å². The number of esters is 1. The zero-order chi connectivity index (χ0) is 12.8. The van der Waals surface area contributed by atoms with Crippen LogP contribution in [-0.2, 0) is 9.53 Å². The van der Waals surface area contributed by atoms with Crippen molar-refractivity contribution in [3.63, 3.8) is 0 Å². The molecule has 4 heteroatoms. The molecule has 104 valence electrons. The second-order valence-corrected chi connectivity index (χ2v) is 4.59. The van der Waals surface area contributed by atoms with Crippen LogP contribution in [0.3, 0.4) is 0 Å². The molecule has 3 nitrogen and oxygen atoms in total. The van der Waals surface area contributed by atoms with Gasteiger partial charge in [0.15, 0.2) is 0 Å². The molecule has 0 fully saturated rings. The van der Waals surface area contributed by atoms with Gasteiger partial charge in [0.25, 0.3) is 0 Å². The number of hydrogen-bond acceptors (Lipinski definition) is 3. The Hall–Kier alpha value is 0.430. The average molecular weight is 267 g/mol. The van der Waals surface area contributed by atoms with Gasteiger partial charge in [-0.15, -0.1) is 0 Å². The number of nitrogens with two attached hydrogens (primary N) is 1. The summed E-state index contributed by atoms with van der Waals surface area (Å²) < 4.78 is 4.90. The molecule has 0 aromatic carbocycles. The van der Waals surface area contributed by atoms with Crippen LogP contribution in [0.25, 0.3) is 0 Å². The van der Waals surface area contributed by atoms with Crippen molar-refractivity contribution in [1.29, 1.82) is 0 Å². The molecule has 0 aliphatic heterocycles. The molecule has 0 heterocycles. The monoisotopic (exact) mass is 267 g/mol. The summed E-state index contributed by atoms with van der Waals surface area (Å²) in [6.45, 7) is 3.02. The third-order valence-corrected chi connectivity index (χ3v) is 2.87. The minimum Gasteiger partial charge on any atom is -1.00 e. The molecule has 0 saturated carbocycles. The first-order chi connectivity index (χ1) is 8.31. The molecule has 0 unspecified atom stereocenters. The van der Waals surface area contributed by atoms with E-state index in [2.05, 4.69) is 6.92 Å². The Labute approximate surface area is 136 Å². The van der Waals surface area contributed by atoms with E-state index in [4.69, 9.17) is 10.5 Å². The predicted octanol–water partition coefficient (Wildman–Crippen LogP) is 0.526. The van der Waals surface area contributed by atoms with Crippen LogP contribution in [0.1, 0.15) is 72.6 Å². The molecule has 0 bridgehead atoms. The Bertz CT molecular complexity index is 183. The van der Waals surface area contributed by atoms with Gasteiger partial charge >= 0.3 is 35.5 Å². The molecule has 0 spiro atoms. The van der Waals surface area contributed by atoms with Gasteiger partial charge in [0.2, 0.25) is 0 Å². The van der Waals surface area contributed by atoms with E-state index in [9.17, 15) is 4.79 Å². The molecule has 0 amide bonds. The molecule has 2 N–H and O–H groups in total. The maximum atomic E-state index is 11.1. The van der Waals surface area contributed by atoms with E-state index in [0.29, 0.717) is 19.6 Å². The van der Waals surface area contributed by atoms with Crippen molar-refractivity contribution >= 4 is 5.97 Å². The Morgan fingerprint density at radius 2 is 1.50 bits per heavy atom. The third-order valence-electron chi connectivity index (χ3n) is 2.87. The normalized spacial score (nSPS) is 9.89. The molecular weight excluding hydrogens is 237 g/mol. The van der Waals surface area contributed by atoms with Crippen molar-refractivity contribution in [2.24, 2.45) is 5.73 Å². The van der Waals surface area contributed by atoms with E-state index in [0.717, 1.165) is 12.8 Å². The van der Waals surface area contributed by atoms with Gasteiger partial charge < -0.3 is 11.9 Å². The van der Waals surface area contributed by atoms with Gasteiger partial charge in [-0.05, 0) is 6.42 Å². The summed E-state index contributed by atoms with van der Waals surface area (Å²) in [7, 11) is 0. The first-order valence-corrected chi connectivity index (χ1v) is 7.17. The van der Waals surface area contributed by atoms with Gasteiger partial charge in [0.1, 0.15) is 6.61 Å². The molecule has 0 aliphatic rings. The zero-order valence-corrected chi connectivity index (χ0v) is 14.4. The van der Waals surface area contributed by atoms with Crippen molar-refractivity contribution in [2.75, 3.05) is 13.2 Å². The van der Waals surface area contributed by atoms with Gasteiger partial charge in [-0.3, -0.25) is 4.79 Å². The predicted molar refractivity (Wildman–Crippen MR) is 73.0 cm³/mol. The second kappa shape index (κ2) is 17.4. The van der Waals surface area contributed by atoms with E-state index in [1.54, 1.807) is 0 Å². The van der Waals surface area contributed by atoms with Gasteiger partial charge in [0.05, 0.1) is 0 Å². The Balaban J connectivity index is -0.00000128. The van der Waals surface area contributed by atoms with Crippen LogP contribution in [0.4, 0.5) is 0 Å². The molecule has 0 aromatic rings. The van der Waals surface area contributed by atoms with Crippen LogP contribution < -0.4 is 35.3 Å². The summed E-state index contributed by atoms with van der Waals surface area (Å²) in [5, 5.41) is 0. The zero-order valence-electron chi connectivity index (χ0n) is 13.4. The van der Waals surface area contributed by atoms with Crippen LogP contribution in [-0.4, -0.2) is 19.1 Å². The quantitative estimate of drug-likeness (QED) is 0.319. The Morgan fingerprint density at radius 1 is 1.00 bits per heavy atom. The number of unbranched alkanes of at least 4 members (excludes halogenated alkanes) is 8. The van der Waals surface area contributed by atoms with Crippen molar-refractivity contribution in [3.05, 3.63) is 0 Å². The van der Waals surface area contributed by atoms with E-state index in [-0.39, 0.29) is 37.0 Å². The molecule has 0 rings (SSSR count). The minimum atomic E-state index is -0.0987. The smallest absolute Gasteiger partial charge is 1.00 e. The topological polar surface area (TPSA) is 52.3 Å². The van der Waals surface area contributed by atoms with Gasteiger partial charge in [-0.25, -0.2) is 0 Å². The molecule has 0 radical (unpaired) electrons. The minimum absolute atomic E-state index is 0. The molecular formula is C14H30NNaO2. The van der Waals surface area contributed by atoms with E-state index in [1.807, 2.05) is 0 Å². The molecule has 0 aromatic heterocycles.